The summed E-state index contributed by atoms with van der Waals surface area (Å²) in [6, 6.07) is 28.5. The normalized spacial score (nSPS) is 12.8. The highest BCUT2D eigenvalue weighted by molar-refractivity contribution is 6.25. The van der Waals surface area contributed by atoms with Crippen LogP contribution in [-0.4, -0.2) is 29.2 Å². The Labute approximate surface area is 191 Å². The van der Waals surface area contributed by atoms with Crippen LogP contribution >= 0.6 is 0 Å². The lowest BCUT2D eigenvalue weighted by Crippen LogP contribution is -2.41. The van der Waals surface area contributed by atoms with Crippen molar-refractivity contribution in [2.75, 3.05) is 11.9 Å². The molecule has 1 aliphatic heterocycles. The van der Waals surface area contributed by atoms with Gasteiger partial charge in [-0.25, -0.2) is 0 Å². The predicted octanol–water partition coefficient (Wildman–Crippen LogP) is 5.52. The summed E-state index contributed by atoms with van der Waals surface area (Å²) in [6.07, 6.45) is 0.584. The SMILES string of the molecule is O=C(CCCN1C(=O)c2cccc3cccc(c23)C1=O)Nc1ccccc1-c1ccccc1. The molecule has 5 rings (SSSR count). The summed E-state index contributed by atoms with van der Waals surface area (Å²) in [4.78, 5) is 39.9. The van der Waals surface area contributed by atoms with Gasteiger partial charge in [0.1, 0.15) is 0 Å². The molecule has 162 valence electrons. The molecule has 0 saturated carbocycles. The molecule has 0 fully saturated rings. The van der Waals surface area contributed by atoms with Crippen molar-refractivity contribution in [3.8, 4) is 11.1 Å². The molecular weight excluding hydrogens is 412 g/mol. The van der Waals surface area contributed by atoms with Gasteiger partial charge in [0.15, 0.2) is 0 Å². The van der Waals surface area contributed by atoms with Gasteiger partial charge in [-0.1, -0.05) is 72.8 Å². The molecule has 4 aromatic carbocycles. The summed E-state index contributed by atoms with van der Waals surface area (Å²) in [6.45, 7) is 0.191. The summed E-state index contributed by atoms with van der Waals surface area (Å²) >= 11 is 0. The van der Waals surface area contributed by atoms with Crippen molar-refractivity contribution in [1.82, 2.24) is 4.90 Å². The first-order valence-corrected chi connectivity index (χ1v) is 11.0. The molecule has 0 radical (unpaired) electrons. The second kappa shape index (κ2) is 8.71. The molecule has 0 bridgehead atoms. The van der Waals surface area contributed by atoms with Crippen molar-refractivity contribution in [3.63, 3.8) is 0 Å². The maximum absolute atomic E-state index is 13.0. The van der Waals surface area contributed by atoms with E-state index in [9.17, 15) is 14.4 Å². The summed E-state index contributed by atoms with van der Waals surface area (Å²) in [5.41, 5.74) is 3.76. The van der Waals surface area contributed by atoms with Crippen molar-refractivity contribution in [2.45, 2.75) is 12.8 Å². The minimum atomic E-state index is -0.306. The van der Waals surface area contributed by atoms with Crippen molar-refractivity contribution < 1.29 is 14.4 Å². The van der Waals surface area contributed by atoms with E-state index in [-0.39, 0.29) is 30.7 Å². The number of anilines is 1. The number of rotatable bonds is 6. The van der Waals surface area contributed by atoms with E-state index in [0.717, 1.165) is 22.2 Å². The molecule has 1 N–H and O–H groups in total. The second-order valence-corrected chi connectivity index (χ2v) is 8.03. The van der Waals surface area contributed by atoms with E-state index in [1.54, 1.807) is 12.1 Å². The van der Waals surface area contributed by atoms with Crippen LogP contribution in [0.1, 0.15) is 33.6 Å². The van der Waals surface area contributed by atoms with Gasteiger partial charge < -0.3 is 5.32 Å². The van der Waals surface area contributed by atoms with Crippen LogP contribution in [0.5, 0.6) is 0 Å². The van der Waals surface area contributed by atoms with Crippen LogP contribution in [0.2, 0.25) is 0 Å². The molecular formula is C28H22N2O3. The van der Waals surface area contributed by atoms with Crippen molar-refractivity contribution in [2.24, 2.45) is 0 Å². The lowest BCUT2D eigenvalue weighted by molar-refractivity contribution is -0.116. The molecule has 0 saturated heterocycles. The smallest absolute Gasteiger partial charge is 0.261 e. The van der Waals surface area contributed by atoms with Gasteiger partial charge in [-0.3, -0.25) is 19.3 Å². The fraction of sp³-hybridized carbons (Fsp3) is 0.107. The summed E-state index contributed by atoms with van der Waals surface area (Å²) in [7, 11) is 0. The van der Waals surface area contributed by atoms with Crippen molar-refractivity contribution in [3.05, 3.63) is 102 Å². The highest BCUT2D eigenvalue weighted by Gasteiger charge is 2.32. The standard InChI is InChI=1S/C28H22N2O3/c31-25(29-24-16-5-4-13-21(24)19-9-2-1-3-10-19)17-8-18-30-27(32)22-14-6-11-20-12-7-15-23(26(20)22)28(30)33/h1-7,9-16H,8,17-18H2,(H,29,31). The minimum Gasteiger partial charge on any atom is -0.326 e. The monoisotopic (exact) mass is 434 g/mol. The number of imide groups is 1. The van der Waals surface area contributed by atoms with Gasteiger partial charge in [-0.2, -0.15) is 0 Å². The summed E-state index contributed by atoms with van der Waals surface area (Å²) in [5.74, 6) is -0.768. The molecule has 0 spiro atoms. The van der Waals surface area contributed by atoms with Gasteiger partial charge in [-0.15, -0.1) is 0 Å². The number of hydrogen-bond acceptors (Lipinski definition) is 3. The fourth-order valence-electron chi connectivity index (χ4n) is 4.36. The van der Waals surface area contributed by atoms with Gasteiger partial charge in [-0.05, 0) is 35.6 Å². The quantitative estimate of drug-likeness (QED) is 0.406. The van der Waals surface area contributed by atoms with Gasteiger partial charge in [0, 0.05) is 40.7 Å². The van der Waals surface area contributed by atoms with Crippen LogP contribution in [0.3, 0.4) is 0 Å². The van der Waals surface area contributed by atoms with Crippen molar-refractivity contribution >= 4 is 34.2 Å². The molecule has 1 heterocycles. The highest BCUT2D eigenvalue weighted by atomic mass is 16.2. The van der Waals surface area contributed by atoms with Crippen LogP contribution in [0.25, 0.3) is 21.9 Å². The lowest BCUT2D eigenvalue weighted by Gasteiger charge is -2.27. The number of nitrogens with one attached hydrogen (secondary N) is 1. The van der Waals surface area contributed by atoms with Gasteiger partial charge >= 0.3 is 0 Å². The van der Waals surface area contributed by atoms with Crippen molar-refractivity contribution in [1.29, 1.82) is 0 Å². The van der Waals surface area contributed by atoms with Crippen LogP contribution in [0.15, 0.2) is 91.0 Å². The molecule has 3 amide bonds. The number of benzene rings is 4. The Morgan fingerprint density at radius 2 is 1.30 bits per heavy atom. The molecule has 5 nitrogen and oxygen atoms in total. The average molecular weight is 434 g/mol. The van der Waals surface area contributed by atoms with Crippen LogP contribution in [0, 0.1) is 0 Å². The third-order valence-electron chi connectivity index (χ3n) is 5.93. The number of amides is 3. The number of hydrogen-bond donors (Lipinski definition) is 1. The first kappa shape index (κ1) is 20.6. The van der Waals surface area contributed by atoms with Crippen LogP contribution in [-0.2, 0) is 4.79 Å². The van der Waals surface area contributed by atoms with Gasteiger partial charge in [0.25, 0.3) is 11.8 Å². The Hall–Kier alpha value is -4.25. The van der Waals surface area contributed by atoms with E-state index in [4.69, 9.17) is 0 Å². The molecule has 1 aliphatic rings. The zero-order valence-electron chi connectivity index (χ0n) is 18.0. The molecule has 0 atom stereocenters. The first-order valence-electron chi connectivity index (χ1n) is 11.0. The van der Waals surface area contributed by atoms with E-state index in [0.29, 0.717) is 22.9 Å². The second-order valence-electron chi connectivity index (χ2n) is 8.03. The molecule has 0 unspecified atom stereocenters. The van der Waals surface area contributed by atoms with E-state index in [2.05, 4.69) is 5.32 Å². The molecule has 4 aromatic rings. The van der Waals surface area contributed by atoms with E-state index in [1.807, 2.05) is 78.9 Å². The number of carbonyl (C=O) groups excluding carboxylic acids is 3. The Kier molecular flexibility index (Phi) is 5.45. The Balaban J connectivity index is 1.26. The average Bonchev–Trinajstić information content (AvgIpc) is 2.85. The number of para-hydroxylation sites is 1. The van der Waals surface area contributed by atoms with Gasteiger partial charge in [0.2, 0.25) is 5.91 Å². The largest absolute Gasteiger partial charge is 0.326 e. The fourth-order valence-corrected chi connectivity index (χ4v) is 4.36. The third kappa shape index (κ3) is 3.89. The Morgan fingerprint density at radius 3 is 2.00 bits per heavy atom. The zero-order chi connectivity index (χ0) is 22.8. The zero-order valence-corrected chi connectivity index (χ0v) is 18.0. The third-order valence-corrected chi connectivity index (χ3v) is 5.93. The minimum absolute atomic E-state index is 0.155. The summed E-state index contributed by atoms with van der Waals surface area (Å²) < 4.78 is 0. The Morgan fingerprint density at radius 1 is 0.697 bits per heavy atom. The first-order chi connectivity index (χ1) is 16.1. The maximum atomic E-state index is 13.0. The van der Waals surface area contributed by atoms with E-state index in [1.165, 1.54) is 4.90 Å². The number of nitrogens with zero attached hydrogens (tertiary/aromatic N) is 1. The van der Waals surface area contributed by atoms with Crippen LogP contribution in [0.4, 0.5) is 5.69 Å². The Bertz CT molecular complexity index is 1330. The lowest BCUT2D eigenvalue weighted by atomic mass is 9.94. The topological polar surface area (TPSA) is 66.5 Å². The molecule has 0 aliphatic carbocycles. The summed E-state index contributed by atoms with van der Waals surface area (Å²) in [5, 5.41) is 4.56. The van der Waals surface area contributed by atoms with Gasteiger partial charge in [0.05, 0.1) is 0 Å². The molecule has 33 heavy (non-hydrogen) atoms. The molecule has 0 aromatic heterocycles. The van der Waals surface area contributed by atoms with E-state index >= 15 is 0 Å². The molecule has 5 heteroatoms. The highest BCUT2D eigenvalue weighted by Crippen LogP contribution is 2.30. The van der Waals surface area contributed by atoms with E-state index < -0.39 is 0 Å². The number of carbonyl (C=O) groups is 3. The van der Waals surface area contributed by atoms with Crippen LogP contribution < -0.4 is 5.32 Å². The maximum Gasteiger partial charge on any atom is 0.261 e. The predicted molar refractivity (Wildman–Crippen MR) is 129 cm³/mol.